The van der Waals surface area contributed by atoms with E-state index in [1.807, 2.05) is 11.8 Å². The zero-order valence-electron chi connectivity index (χ0n) is 14.1. The first-order valence-corrected chi connectivity index (χ1v) is 9.98. The number of piperidine rings is 1. The van der Waals surface area contributed by atoms with E-state index in [2.05, 4.69) is 70.0 Å². The summed E-state index contributed by atoms with van der Waals surface area (Å²) in [5, 5.41) is 9.96. The molecule has 0 saturated carbocycles. The number of benzene rings is 1. The molecule has 0 aliphatic carbocycles. The van der Waals surface area contributed by atoms with Crippen LogP contribution in [-0.2, 0) is 4.79 Å². The zero-order chi connectivity index (χ0) is 17.4. The molecule has 7 heteroatoms. The number of amides is 1. The van der Waals surface area contributed by atoms with E-state index in [1.165, 1.54) is 4.90 Å². The minimum absolute atomic E-state index is 0.134. The highest BCUT2D eigenvalue weighted by molar-refractivity contribution is 9.10. The minimum atomic E-state index is 0.134. The molecule has 2 atom stereocenters. The lowest BCUT2D eigenvalue weighted by Crippen LogP contribution is -2.51. The third-order valence-electron chi connectivity index (χ3n) is 3.61. The molecule has 0 aromatic heterocycles. The first-order chi connectivity index (χ1) is 11.6. The lowest BCUT2D eigenvalue weighted by atomic mass is 10.1. The van der Waals surface area contributed by atoms with Crippen molar-refractivity contribution in [2.24, 2.45) is 4.99 Å². The van der Waals surface area contributed by atoms with Crippen molar-refractivity contribution in [2.75, 3.05) is 19.6 Å². The van der Waals surface area contributed by atoms with Gasteiger partial charge >= 0.3 is 0 Å². The Labute approximate surface area is 156 Å². The highest BCUT2D eigenvalue weighted by Gasteiger charge is 2.18. The van der Waals surface area contributed by atoms with Gasteiger partial charge in [-0.1, -0.05) is 22.9 Å². The predicted molar refractivity (Wildman–Crippen MR) is 105 cm³/mol. The first kappa shape index (κ1) is 19.1. The normalized spacial score (nSPS) is 19.5. The summed E-state index contributed by atoms with van der Waals surface area (Å²) in [5.41, 5.74) is 0. The number of thioether (sulfide) groups is 1. The van der Waals surface area contributed by atoms with E-state index in [9.17, 15) is 4.79 Å². The number of hydrogen-bond donors (Lipinski definition) is 3. The van der Waals surface area contributed by atoms with E-state index in [0.717, 1.165) is 29.9 Å². The van der Waals surface area contributed by atoms with Gasteiger partial charge in [-0.2, -0.15) is 0 Å². The van der Waals surface area contributed by atoms with E-state index in [1.54, 1.807) is 0 Å². The maximum Gasteiger partial charge on any atom is 0.220 e. The summed E-state index contributed by atoms with van der Waals surface area (Å²) < 4.78 is 1.09. The second kappa shape index (κ2) is 9.93. The van der Waals surface area contributed by atoms with Gasteiger partial charge in [-0.05, 0) is 37.6 Å². The summed E-state index contributed by atoms with van der Waals surface area (Å²) in [6.45, 7) is 6.45. The molecule has 1 heterocycles. The fraction of sp³-hybridized carbons (Fsp3) is 0.529. The van der Waals surface area contributed by atoms with Crippen molar-refractivity contribution in [1.29, 1.82) is 0 Å². The minimum Gasteiger partial charge on any atom is -0.357 e. The summed E-state index contributed by atoms with van der Waals surface area (Å²) in [7, 11) is 0. The molecule has 2 unspecified atom stereocenters. The molecule has 1 saturated heterocycles. The number of carbonyl (C=O) groups excluding carboxylic acids is 1. The lowest BCUT2D eigenvalue weighted by molar-refractivity contribution is -0.122. The predicted octanol–water partition coefficient (Wildman–Crippen LogP) is 2.76. The van der Waals surface area contributed by atoms with Crippen LogP contribution in [0.2, 0.25) is 0 Å². The number of guanidine groups is 1. The molecule has 0 bridgehead atoms. The van der Waals surface area contributed by atoms with Crippen LogP contribution in [0, 0.1) is 0 Å². The molecule has 3 N–H and O–H groups in total. The van der Waals surface area contributed by atoms with Crippen LogP contribution in [0.5, 0.6) is 0 Å². The molecular weight excluding hydrogens is 388 g/mol. The molecule has 1 aliphatic heterocycles. The maximum atomic E-state index is 11.2. The molecule has 1 amide bonds. The van der Waals surface area contributed by atoms with Gasteiger partial charge in [-0.25, -0.2) is 0 Å². The van der Waals surface area contributed by atoms with E-state index in [0.29, 0.717) is 18.2 Å². The largest absolute Gasteiger partial charge is 0.357 e. The van der Waals surface area contributed by atoms with Gasteiger partial charge in [0.2, 0.25) is 5.91 Å². The van der Waals surface area contributed by atoms with Gasteiger partial charge in [-0.3, -0.25) is 9.79 Å². The molecular formula is C17H25BrN4OS. The zero-order valence-corrected chi connectivity index (χ0v) is 16.5. The van der Waals surface area contributed by atoms with Crippen LogP contribution in [0.25, 0.3) is 0 Å². The smallest absolute Gasteiger partial charge is 0.220 e. The van der Waals surface area contributed by atoms with Gasteiger partial charge in [0.1, 0.15) is 0 Å². The van der Waals surface area contributed by atoms with Gasteiger partial charge in [0.15, 0.2) is 5.96 Å². The molecule has 0 radical (unpaired) electrons. The quantitative estimate of drug-likeness (QED) is 0.381. The van der Waals surface area contributed by atoms with Crippen LogP contribution in [0.4, 0.5) is 0 Å². The van der Waals surface area contributed by atoms with Crippen molar-refractivity contribution < 1.29 is 4.79 Å². The van der Waals surface area contributed by atoms with Crippen molar-refractivity contribution in [3.8, 4) is 0 Å². The van der Waals surface area contributed by atoms with Gasteiger partial charge in [0, 0.05) is 40.2 Å². The fourth-order valence-electron chi connectivity index (χ4n) is 2.37. The van der Waals surface area contributed by atoms with E-state index >= 15 is 0 Å². The van der Waals surface area contributed by atoms with Crippen molar-refractivity contribution >= 4 is 39.6 Å². The topological polar surface area (TPSA) is 65.5 Å². The Morgan fingerprint density at radius 2 is 2.21 bits per heavy atom. The van der Waals surface area contributed by atoms with Crippen LogP contribution >= 0.6 is 27.7 Å². The monoisotopic (exact) mass is 412 g/mol. The second-order valence-corrected chi connectivity index (χ2v) is 8.21. The number of aliphatic imine (C=N–C) groups is 1. The van der Waals surface area contributed by atoms with Crippen molar-refractivity contribution in [3.63, 3.8) is 0 Å². The molecule has 0 spiro atoms. The van der Waals surface area contributed by atoms with Crippen molar-refractivity contribution in [3.05, 3.63) is 28.7 Å². The second-order valence-electron chi connectivity index (χ2n) is 5.79. The number of nitrogens with zero attached hydrogens (tertiary/aromatic N) is 1. The molecule has 5 nitrogen and oxygen atoms in total. The Bertz CT molecular complexity index is 554. The first-order valence-electron chi connectivity index (χ1n) is 8.30. The third kappa shape index (κ3) is 6.73. The number of halogens is 1. The van der Waals surface area contributed by atoms with E-state index in [4.69, 9.17) is 4.99 Å². The Balaban J connectivity index is 1.84. The molecule has 1 fully saturated rings. The van der Waals surface area contributed by atoms with E-state index in [-0.39, 0.29) is 11.9 Å². The third-order valence-corrected chi connectivity index (χ3v) is 5.23. The Morgan fingerprint density at radius 1 is 1.46 bits per heavy atom. The molecule has 1 aliphatic rings. The van der Waals surface area contributed by atoms with Crippen LogP contribution in [0.1, 0.15) is 26.7 Å². The maximum absolute atomic E-state index is 11.2. The van der Waals surface area contributed by atoms with E-state index < -0.39 is 0 Å². The van der Waals surface area contributed by atoms with Gasteiger partial charge in [0.25, 0.3) is 0 Å². The molecule has 1 aromatic rings. The van der Waals surface area contributed by atoms with Crippen LogP contribution < -0.4 is 16.0 Å². The van der Waals surface area contributed by atoms with Crippen LogP contribution in [0.15, 0.2) is 38.6 Å². The van der Waals surface area contributed by atoms with Gasteiger partial charge in [-0.15, -0.1) is 11.8 Å². The highest BCUT2D eigenvalue weighted by Crippen LogP contribution is 2.24. The van der Waals surface area contributed by atoms with Crippen molar-refractivity contribution in [2.45, 2.75) is 42.9 Å². The lowest BCUT2D eigenvalue weighted by Gasteiger charge is -2.25. The SMILES string of the molecule is CCNC(=NCC(C)Sc1ccc(Br)cc1)NC1CCC(=O)NC1. The molecule has 132 valence electrons. The number of hydrogen-bond acceptors (Lipinski definition) is 3. The Morgan fingerprint density at radius 3 is 2.83 bits per heavy atom. The summed E-state index contributed by atoms with van der Waals surface area (Å²) in [6.07, 6.45) is 1.42. The summed E-state index contributed by atoms with van der Waals surface area (Å²) in [4.78, 5) is 17.2. The molecule has 1 aromatic carbocycles. The number of carbonyl (C=O) groups is 1. The summed E-state index contributed by atoms with van der Waals surface area (Å²) in [6, 6.07) is 8.59. The average molecular weight is 413 g/mol. The van der Waals surface area contributed by atoms with Gasteiger partial charge < -0.3 is 16.0 Å². The van der Waals surface area contributed by atoms with Crippen LogP contribution in [0.3, 0.4) is 0 Å². The van der Waals surface area contributed by atoms with Gasteiger partial charge in [0.05, 0.1) is 6.54 Å². The molecule has 24 heavy (non-hydrogen) atoms. The summed E-state index contributed by atoms with van der Waals surface area (Å²) >= 11 is 5.27. The standard InChI is InChI=1S/C17H25BrN4OS/c1-3-19-17(22-14-6-9-16(23)20-11-14)21-10-12(2)24-15-7-4-13(18)5-8-15/h4-5,7-8,12,14H,3,6,9-11H2,1-2H3,(H,20,23)(H2,19,21,22). The Hall–Kier alpha value is -1.21. The average Bonchev–Trinajstić information content (AvgIpc) is 2.57. The number of nitrogens with one attached hydrogen (secondary N) is 3. The highest BCUT2D eigenvalue weighted by atomic mass is 79.9. The Kier molecular flexibility index (Phi) is 7.91. The molecule has 2 rings (SSSR count). The summed E-state index contributed by atoms with van der Waals surface area (Å²) in [5.74, 6) is 0.955. The van der Waals surface area contributed by atoms with Crippen LogP contribution in [-0.4, -0.2) is 42.8 Å². The van der Waals surface area contributed by atoms with Crippen molar-refractivity contribution in [1.82, 2.24) is 16.0 Å². The fourth-order valence-corrected chi connectivity index (χ4v) is 3.54. The number of rotatable bonds is 6.